The second kappa shape index (κ2) is 7.51. The molecule has 1 atom stereocenters. The molecular formula is C19H17F3N4O2S. The minimum atomic E-state index is -4.61. The van der Waals surface area contributed by atoms with Crippen molar-refractivity contribution in [2.75, 3.05) is 11.4 Å². The Bertz CT molecular complexity index is 1090. The molecule has 0 aliphatic carbocycles. The van der Waals surface area contributed by atoms with Gasteiger partial charge in [-0.1, -0.05) is 41.7 Å². The monoisotopic (exact) mass is 422 g/mol. The van der Waals surface area contributed by atoms with Crippen LogP contribution in [-0.2, 0) is 17.5 Å². The molecule has 152 valence electrons. The number of H-pyrrole nitrogens is 1. The molecule has 1 aromatic carbocycles. The Hall–Kier alpha value is -2.88. The number of halogens is 3. The highest BCUT2D eigenvalue weighted by molar-refractivity contribution is 7.22. The van der Waals surface area contributed by atoms with Crippen LogP contribution in [0.25, 0.3) is 10.2 Å². The molecule has 1 fully saturated rings. The zero-order valence-electron chi connectivity index (χ0n) is 15.1. The number of anilines is 1. The minimum Gasteiger partial charge on any atom is -0.350 e. The third-order valence-electron chi connectivity index (χ3n) is 4.84. The van der Waals surface area contributed by atoms with E-state index in [9.17, 15) is 22.8 Å². The third kappa shape index (κ3) is 3.84. The fraction of sp³-hybridized carbons (Fsp3) is 0.316. The molecule has 10 heteroatoms. The van der Waals surface area contributed by atoms with E-state index in [0.29, 0.717) is 32.1 Å². The van der Waals surface area contributed by atoms with Gasteiger partial charge in [0.25, 0.3) is 5.56 Å². The van der Waals surface area contributed by atoms with Crippen molar-refractivity contribution < 1.29 is 18.0 Å². The van der Waals surface area contributed by atoms with Gasteiger partial charge >= 0.3 is 6.18 Å². The number of benzene rings is 1. The number of nitrogens with zero attached hydrogens (tertiary/aromatic N) is 2. The van der Waals surface area contributed by atoms with Crippen molar-refractivity contribution >= 4 is 32.6 Å². The largest absolute Gasteiger partial charge is 0.419 e. The van der Waals surface area contributed by atoms with E-state index < -0.39 is 23.3 Å². The van der Waals surface area contributed by atoms with Crippen LogP contribution in [0.1, 0.15) is 24.0 Å². The van der Waals surface area contributed by atoms with E-state index in [1.165, 1.54) is 0 Å². The molecule has 1 amide bonds. The molecule has 29 heavy (non-hydrogen) atoms. The van der Waals surface area contributed by atoms with Gasteiger partial charge in [-0.15, -0.1) is 0 Å². The highest BCUT2D eigenvalue weighted by Crippen LogP contribution is 2.39. The first-order valence-corrected chi connectivity index (χ1v) is 9.84. The molecule has 0 spiro atoms. The van der Waals surface area contributed by atoms with Gasteiger partial charge in [0.05, 0.1) is 10.3 Å². The van der Waals surface area contributed by atoms with Gasteiger partial charge in [-0.2, -0.15) is 13.2 Å². The lowest BCUT2D eigenvalue weighted by Crippen LogP contribution is -2.43. The first-order valence-electron chi connectivity index (χ1n) is 9.02. The number of rotatable bonds is 4. The molecule has 0 saturated carbocycles. The van der Waals surface area contributed by atoms with Crippen molar-refractivity contribution in [1.29, 1.82) is 0 Å². The van der Waals surface area contributed by atoms with Crippen LogP contribution in [0.2, 0.25) is 0 Å². The second-order valence-electron chi connectivity index (χ2n) is 6.76. The van der Waals surface area contributed by atoms with Crippen LogP contribution in [0.4, 0.5) is 18.3 Å². The lowest BCUT2D eigenvalue weighted by Gasteiger charge is -2.23. The quantitative estimate of drug-likeness (QED) is 0.677. The number of hydrogen-bond acceptors (Lipinski definition) is 5. The van der Waals surface area contributed by atoms with Crippen molar-refractivity contribution in [2.24, 2.45) is 0 Å². The Morgan fingerprint density at radius 1 is 1.31 bits per heavy atom. The molecule has 0 unspecified atom stereocenters. The molecule has 2 aromatic heterocycles. The zero-order valence-corrected chi connectivity index (χ0v) is 15.9. The second-order valence-corrected chi connectivity index (χ2v) is 7.74. The van der Waals surface area contributed by atoms with E-state index in [4.69, 9.17) is 0 Å². The number of carbonyl (C=O) groups is 1. The summed E-state index contributed by atoms with van der Waals surface area (Å²) in [4.78, 5) is 32.6. The summed E-state index contributed by atoms with van der Waals surface area (Å²) in [7, 11) is 0. The van der Waals surface area contributed by atoms with E-state index in [1.807, 2.05) is 30.3 Å². The SMILES string of the molecule is O=C(NCc1ccccc1)[C@H]1CCCN1c1nc2c(=O)[nH]cc(C(F)(F)F)c2s1. The molecule has 3 heterocycles. The maximum Gasteiger partial charge on any atom is 0.419 e. The Morgan fingerprint density at radius 3 is 2.79 bits per heavy atom. The topological polar surface area (TPSA) is 78.1 Å². The molecule has 2 N–H and O–H groups in total. The van der Waals surface area contributed by atoms with Gasteiger partial charge in [0, 0.05) is 19.3 Å². The van der Waals surface area contributed by atoms with Gasteiger partial charge in [-0.25, -0.2) is 4.98 Å². The number of hydrogen-bond donors (Lipinski definition) is 2. The number of aromatic amines is 1. The standard InChI is InChI=1S/C19H17F3N4O2S/c20-19(21,22)12-10-24-17(28)14-15(12)29-18(25-14)26-8-4-7-13(26)16(27)23-9-11-5-2-1-3-6-11/h1-3,5-6,10,13H,4,7-9H2,(H,23,27)(H,24,28)/t13-/m1/s1. The summed E-state index contributed by atoms with van der Waals surface area (Å²) in [5, 5.41) is 3.12. The van der Waals surface area contributed by atoms with Crippen LogP contribution in [0.15, 0.2) is 41.3 Å². The number of aromatic nitrogens is 2. The summed E-state index contributed by atoms with van der Waals surface area (Å²) in [5.41, 5.74) is -0.915. The lowest BCUT2D eigenvalue weighted by atomic mass is 10.2. The molecule has 0 bridgehead atoms. The van der Waals surface area contributed by atoms with E-state index in [2.05, 4.69) is 15.3 Å². The molecule has 1 saturated heterocycles. The number of thiazole rings is 1. The number of nitrogens with one attached hydrogen (secondary N) is 2. The molecule has 0 radical (unpaired) electrons. The van der Waals surface area contributed by atoms with Crippen molar-refractivity contribution in [3.63, 3.8) is 0 Å². The van der Waals surface area contributed by atoms with Crippen molar-refractivity contribution in [2.45, 2.75) is 31.6 Å². The summed E-state index contributed by atoms with van der Waals surface area (Å²) in [6.07, 6.45) is -2.66. The zero-order chi connectivity index (χ0) is 20.6. The average molecular weight is 422 g/mol. The van der Waals surface area contributed by atoms with Crippen molar-refractivity contribution in [3.8, 4) is 0 Å². The number of carbonyl (C=O) groups excluding carboxylic acids is 1. The number of alkyl halides is 3. The third-order valence-corrected chi connectivity index (χ3v) is 5.97. The van der Waals surface area contributed by atoms with Crippen LogP contribution in [-0.4, -0.2) is 28.5 Å². The Kier molecular flexibility index (Phi) is 5.03. The normalized spacial score (nSPS) is 17.1. The summed E-state index contributed by atoms with van der Waals surface area (Å²) < 4.78 is 39.6. The highest BCUT2D eigenvalue weighted by atomic mass is 32.1. The molecule has 6 nitrogen and oxygen atoms in total. The predicted octanol–water partition coefficient (Wildman–Crippen LogP) is 3.29. The smallest absolute Gasteiger partial charge is 0.350 e. The lowest BCUT2D eigenvalue weighted by molar-refractivity contribution is -0.136. The summed E-state index contributed by atoms with van der Waals surface area (Å²) in [6.45, 7) is 0.851. The van der Waals surface area contributed by atoms with Gasteiger partial charge in [0.1, 0.15) is 11.6 Å². The summed E-state index contributed by atoms with van der Waals surface area (Å²) >= 11 is 0.793. The molecule has 3 aromatic rings. The van der Waals surface area contributed by atoms with Crippen molar-refractivity contribution in [3.05, 3.63) is 58.0 Å². The van der Waals surface area contributed by atoms with Crippen LogP contribution in [0.5, 0.6) is 0 Å². The predicted molar refractivity (Wildman–Crippen MR) is 104 cm³/mol. The van der Waals surface area contributed by atoms with Crippen LogP contribution < -0.4 is 15.8 Å². The fourth-order valence-corrected chi connectivity index (χ4v) is 4.60. The van der Waals surface area contributed by atoms with E-state index in [-0.39, 0.29) is 21.3 Å². The first-order chi connectivity index (χ1) is 13.8. The molecule has 1 aliphatic heterocycles. The Balaban J connectivity index is 1.60. The van der Waals surface area contributed by atoms with Gasteiger partial charge in [0.15, 0.2) is 5.13 Å². The maximum absolute atomic E-state index is 13.3. The molecule has 4 rings (SSSR count). The van der Waals surface area contributed by atoms with E-state index in [1.54, 1.807) is 4.90 Å². The van der Waals surface area contributed by atoms with Crippen LogP contribution in [0, 0.1) is 0 Å². The number of amides is 1. The van der Waals surface area contributed by atoms with Gasteiger partial charge in [-0.3, -0.25) is 9.59 Å². The van der Waals surface area contributed by atoms with Crippen LogP contribution in [0.3, 0.4) is 0 Å². The fourth-order valence-electron chi connectivity index (χ4n) is 3.42. The minimum absolute atomic E-state index is 0.212. The number of pyridine rings is 1. The summed E-state index contributed by atoms with van der Waals surface area (Å²) in [6, 6.07) is 8.89. The highest BCUT2D eigenvalue weighted by Gasteiger charge is 2.37. The average Bonchev–Trinajstić information content (AvgIpc) is 3.33. The van der Waals surface area contributed by atoms with Crippen LogP contribution >= 0.6 is 11.3 Å². The van der Waals surface area contributed by atoms with Gasteiger partial charge in [0.2, 0.25) is 5.91 Å². The molecular weight excluding hydrogens is 405 g/mol. The van der Waals surface area contributed by atoms with E-state index in [0.717, 1.165) is 16.9 Å². The molecule has 1 aliphatic rings. The van der Waals surface area contributed by atoms with Gasteiger partial charge in [-0.05, 0) is 18.4 Å². The van der Waals surface area contributed by atoms with E-state index >= 15 is 0 Å². The Labute approximate surface area is 167 Å². The maximum atomic E-state index is 13.3. The van der Waals surface area contributed by atoms with Gasteiger partial charge < -0.3 is 15.2 Å². The van der Waals surface area contributed by atoms with Crippen molar-refractivity contribution in [1.82, 2.24) is 15.3 Å². The number of fused-ring (bicyclic) bond motifs is 1. The summed E-state index contributed by atoms with van der Waals surface area (Å²) in [5.74, 6) is -0.212. The first kappa shape index (κ1) is 19.4. The Morgan fingerprint density at radius 2 is 2.07 bits per heavy atom.